The predicted octanol–water partition coefficient (Wildman–Crippen LogP) is 2.83. The van der Waals surface area contributed by atoms with Crippen molar-refractivity contribution in [2.45, 2.75) is 65.5 Å². The van der Waals surface area contributed by atoms with Crippen LogP contribution < -0.4 is 5.32 Å². The first-order chi connectivity index (χ1) is 8.05. The molecule has 1 atom stereocenters. The summed E-state index contributed by atoms with van der Waals surface area (Å²) in [6, 6.07) is 0.607. The van der Waals surface area contributed by atoms with Gasteiger partial charge in [-0.15, -0.1) is 0 Å². The molecule has 0 saturated heterocycles. The van der Waals surface area contributed by atoms with Crippen molar-refractivity contribution >= 4 is 0 Å². The van der Waals surface area contributed by atoms with Gasteiger partial charge in [0, 0.05) is 13.0 Å². The smallest absolute Gasteiger partial charge is 0.223 e. The molecule has 96 valence electrons. The maximum atomic E-state index is 4.96. The lowest BCUT2D eigenvalue weighted by Gasteiger charge is -2.22. The average molecular weight is 237 g/mol. The van der Waals surface area contributed by atoms with Crippen molar-refractivity contribution in [3.63, 3.8) is 0 Å². The molecule has 0 aliphatic heterocycles. The van der Waals surface area contributed by atoms with E-state index in [1.807, 2.05) is 6.92 Å². The Morgan fingerprint density at radius 2 is 2.18 bits per heavy atom. The molecule has 1 aromatic heterocycles. The van der Waals surface area contributed by atoms with Crippen molar-refractivity contribution < 1.29 is 4.52 Å². The third-order valence-electron chi connectivity index (χ3n) is 3.69. The van der Waals surface area contributed by atoms with Crippen LogP contribution in [0.2, 0.25) is 0 Å². The monoisotopic (exact) mass is 237 g/mol. The van der Waals surface area contributed by atoms with Gasteiger partial charge in [-0.2, -0.15) is 4.98 Å². The zero-order valence-electron chi connectivity index (χ0n) is 11.1. The molecule has 4 nitrogen and oxygen atoms in total. The first kappa shape index (κ1) is 12.6. The summed E-state index contributed by atoms with van der Waals surface area (Å²) in [5.41, 5.74) is 0.513. The van der Waals surface area contributed by atoms with Crippen LogP contribution in [0.3, 0.4) is 0 Å². The molecule has 1 heterocycles. The Kier molecular flexibility index (Phi) is 3.82. The third kappa shape index (κ3) is 3.80. The minimum absolute atomic E-state index is 0.513. The van der Waals surface area contributed by atoms with E-state index in [0.29, 0.717) is 17.3 Å². The van der Waals surface area contributed by atoms with Gasteiger partial charge in [0.15, 0.2) is 5.82 Å². The Balaban J connectivity index is 1.79. The fourth-order valence-electron chi connectivity index (χ4n) is 2.51. The van der Waals surface area contributed by atoms with E-state index in [4.69, 9.17) is 4.52 Å². The molecule has 1 saturated carbocycles. The molecule has 1 N–H and O–H groups in total. The van der Waals surface area contributed by atoms with Gasteiger partial charge in [-0.05, 0) is 31.1 Å². The highest BCUT2D eigenvalue weighted by molar-refractivity contribution is 4.85. The van der Waals surface area contributed by atoms with Crippen LogP contribution >= 0.6 is 0 Å². The Labute approximate surface area is 103 Å². The molecule has 0 bridgehead atoms. The van der Waals surface area contributed by atoms with Crippen molar-refractivity contribution in [3.05, 3.63) is 11.7 Å². The summed E-state index contributed by atoms with van der Waals surface area (Å²) < 4.78 is 4.96. The molecule has 2 rings (SSSR count). The first-order valence-electron chi connectivity index (χ1n) is 6.58. The highest BCUT2D eigenvalue weighted by Crippen LogP contribution is 2.33. The number of aromatic nitrogens is 2. The molecule has 1 aliphatic carbocycles. The Morgan fingerprint density at radius 3 is 2.88 bits per heavy atom. The van der Waals surface area contributed by atoms with Crippen molar-refractivity contribution in [1.29, 1.82) is 0 Å². The largest absolute Gasteiger partial charge is 0.340 e. The van der Waals surface area contributed by atoms with Crippen LogP contribution in [-0.2, 0) is 6.54 Å². The molecule has 1 aromatic rings. The second-order valence-electron chi connectivity index (χ2n) is 5.90. The van der Waals surface area contributed by atoms with Gasteiger partial charge < -0.3 is 9.84 Å². The topological polar surface area (TPSA) is 51.0 Å². The predicted molar refractivity (Wildman–Crippen MR) is 66.5 cm³/mol. The summed E-state index contributed by atoms with van der Waals surface area (Å²) in [6.45, 7) is 7.29. The van der Waals surface area contributed by atoms with Crippen LogP contribution in [0.4, 0.5) is 0 Å². The number of aryl methyl sites for hydroxylation is 1. The molecule has 1 unspecified atom stereocenters. The van der Waals surface area contributed by atoms with Crippen molar-refractivity contribution in [1.82, 2.24) is 15.5 Å². The summed E-state index contributed by atoms with van der Waals surface area (Å²) in [6.07, 6.45) is 6.47. The van der Waals surface area contributed by atoms with Crippen molar-refractivity contribution in [3.8, 4) is 0 Å². The molecule has 4 heteroatoms. The van der Waals surface area contributed by atoms with E-state index in [9.17, 15) is 0 Å². The molecule has 17 heavy (non-hydrogen) atoms. The first-order valence-corrected chi connectivity index (χ1v) is 6.58. The second kappa shape index (κ2) is 5.17. The lowest BCUT2D eigenvalue weighted by Crippen LogP contribution is -2.28. The van der Waals surface area contributed by atoms with Gasteiger partial charge in [0.05, 0.1) is 6.54 Å². The van der Waals surface area contributed by atoms with Crippen LogP contribution in [0.15, 0.2) is 4.52 Å². The highest BCUT2D eigenvalue weighted by Gasteiger charge is 2.24. The lowest BCUT2D eigenvalue weighted by molar-refractivity contribution is 0.309. The number of hydrogen-bond donors (Lipinski definition) is 1. The Hall–Kier alpha value is -0.900. The fraction of sp³-hybridized carbons (Fsp3) is 0.846. The summed E-state index contributed by atoms with van der Waals surface area (Å²) >= 11 is 0. The molecule has 0 amide bonds. The minimum atomic E-state index is 0.513. The number of rotatable bonds is 3. The normalized spacial score (nSPS) is 24.5. The molecule has 0 radical (unpaired) electrons. The minimum Gasteiger partial charge on any atom is -0.340 e. The van der Waals surface area contributed by atoms with E-state index < -0.39 is 0 Å². The van der Waals surface area contributed by atoms with Gasteiger partial charge in [-0.1, -0.05) is 25.4 Å². The zero-order chi connectivity index (χ0) is 12.3. The Morgan fingerprint density at radius 1 is 1.35 bits per heavy atom. The fourth-order valence-corrected chi connectivity index (χ4v) is 2.51. The van der Waals surface area contributed by atoms with Crippen LogP contribution in [0, 0.1) is 12.3 Å². The lowest BCUT2D eigenvalue weighted by atomic mass is 9.85. The van der Waals surface area contributed by atoms with Crippen LogP contribution in [0.1, 0.15) is 57.7 Å². The maximum Gasteiger partial charge on any atom is 0.223 e. The van der Waals surface area contributed by atoms with E-state index in [1.165, 1.54) is 32.1 Å². The van der Waals surface area contributed by atoms with Gasteiger partial charge in [0.1, 0.15) is 0 Å². The van der Waals surface area contributed by atoms with Gasteiger partial charge in [0.2, 0.25) is 5.89 Å². The molecule has 1 fully saturated rings. The van der Waals surface area contributed by atoms with E-state index >= 15 is 0 Å². The molecule has 0 spiro atoms. The van der Waals surface area contributed by atoms with E-state index in [2.05, 4.69) is 29.3 Å². The van der Waals surface area contributed by atoms with Gasteiger partial charge in [-0.25, -0.2) is 0 Å². The van der Waals surface area contributed by atoms with Crippen LogP contribution in [0.5, 0.6) is 0 Å². The van der Waals surface area contributed by atoms with Gasteiger partial charge in [-0.3, -0.25) is 0 Å². The van der Waals surface area contributed by atoms with Crippen molar-refractivity contribution in [2.24, 2.45) is 5.41 Å². The quantitative estimate of drug-likeness (QED) is 0.821. The van der Waals surface area contributed by atoms with E-state index in [0.717, 1.165) is 12.4 Å². The number of nitrogens with one attached hydrogen (secondary N) is 1. The number of nitrogens with zero attached hydrogens (tertiary/aromatic N) is 2. The van der Waals surface area contributed by atoms with Crippen LogP contribution in [0.25, 0.3) is 0 Å². The summed E-state index contributed by atoms with van der Waals surface area (Å²) in [5, 5.41) is 7.45. The Bertz CT molecular complexity index is 359. The molecular weight excluding hydrogens is 214 g/mol. The van der Waals surface area contributed by atoms with Crippen LogP contribution in [-0.4, -0.2) is 16.2 Å². The summed E-state index contributed by atoms with van der Waals surface area (Å²) in [4.78, 5) is 4.21. The van der Waals surface area contributed by atoms with Gasteiger partial charge in [0.25, 0.3) is 0 Å². The second-order valence-corrected chi connectivity index (χ2v) is 5.90. The SMILES string of the molecule is Cc1nc(CNC2CCCC(C)(C)CC2)no1. The molecular formula is C13H23N3O. The third-order valence-corrected chi connectivity index (χ3v) is 3.69. The number of hydrogen-bond acceptors (Lipinski definition) is 4. The zero-order valence-corrected chi connectivity index (χ0v) is 11.1. The van der Waals surface area contributed by atoms with E-state index in [-0.39, 0.29) is 0 Å². The molecule has 0 aromatic carbocycles. The molecule has 1 aliphatic rings. The highest BCUT2D eigenvalue weighted by atomic mass is 16.5. The average Bonchev–Trinajstić information content (AvgIpc) is 2.59. The van der Waals surface area contributed by atoms with Gasteiger partial charge >= 0.3 is 0 Å². The maximum absolute atomic E-state index is 4.96. The summed E-state index contributed by atoms with van der Waals surface area (Å²) in [7, 11) is 0. The standard InChI is InChI=1S/C13H23N3O/c1-10-15-12(16-17-10)9-14-11-5-4-7-13(2,3)8-6-11/h11,14H,4-9H2,1-3H3. The van der Waals surface area contributed by atoms with Crippen molar-refractivity contribution in [2.75, 3.05) is 0 Å². The summed E-state index contributed by atoms with van der Waals surface area (Å²) in [5.74, 6) is 1.41. The van der Waals surface area contributed by atoms with E-state index in [1.54, 1.807) is 0 Å².